The Morgan fingerprint density at radius 2 is 2.23 bits per heavy atom. The Morgan fingerprint density at radius 1 is 1.54 bits per heavy atom. The number of aromatic nitrogens is 2. The number of hydrogen-bond donors (Lipinski definition) is 1. The topological polar surface area (TPSA) is 43.8 Å². The number of nitrogens with zero attached hydrogens (tertiary/aromatic N) is 2. The molecule has 0 radical (unpaired) electrons. The fourth-order valence-electron chi connectivity index (χ4n) is 1.29. The van der Waals surface area contributed by atoms with Crippen molar-refractivity contribution < 1.29 is 0 Å². The minimum Gasteiger partial charge on any atom is -0.335 e. The summed E-state index contributed by atoms with van der Waals surface area (Å²) in [5, 5.41) is 0. The van der Waals surface area contributed by atoms with E-state index < -0.39 is 0 Å². The van der Waals surface area contributed by atoms with Gasteiger partial charge in [0.25, 0.3) is 0 Å². The van der Waals surface area contributed by atoms with Crippen molar-refractivity contribution in [3.05, 3.63) is 18.2 Å². The van der Waals surface area contributed by atoms with E-state index in [1.165, 1.54) is 0 Å². The first-order valence-corrected chi connectivity index (χ1v) is 4.82. The van der Waals surface area contributed by atoms with E-state index in [9.17, 15) is 0 Å². The Kier molecular flexibility index (Phi) is 3.09. The van der Waals surface area contributed by atoms with Crippen molar-refractivity contribution in [3.63, 3.8) is 0 Å². The summed E-state index contributed by atoms with van der Waals surface area (Å²) < 4.78 is 2.16. The molecule has 0 saturated heterocycles. The van der Waals surface area contributed by atoms with Crippen LogP contribution in [0, 0.1) is 0 Å². The number of nitrogens with two attached hydrogens (primary N) is 1. The molecule has 0 aliphatic carbocycles. The second-order valence-electron chi connectivity index (χ2n) is 4.12. The summed E-state index contributed by atoms with van der Waals surface area (Å²) >= 11 is 0. The highest BCUT2D eigenvalue weighted by atomic mass is 15.0. The van der Waals surface area contributed by atoms with E-state index in [0.29, 0.717) is 0 Å². The second kappa shape index (κ2) is 3.92. The van der Waals surface area contributed by atoms with Gasteiger partial charge in [0.05, 0.1) is 0 Å². The molecule has 13 heavy (non-hydrogen) atoms. The van der Waals surface area contributed by atoms with Crippen LogP contribution >= 0.6 is 0 Å². The first-order chi connectivity index (χ1) is 6.03. The van der Waals surface area contributed by atoms with E-state index in [1.54, 1.807) is 0 Å². The van der Waals surface area contributed by atoms with Crippen molar-refractivity contribution in [1.29, 1.82) is 0 Å². The van der Waals surface area contributed by atoms with E-state index in [1.807, 2.05) is 26.2 Å². The van der Waals surface area contributed by atoms with Gasteiger partial charge in [0, 0.05) is 30.9 Å². The third-order valence-corrected chi connectivity index (χ3v) is 2.14. The maximum absolute atomic E-state index is 5.91. The zero-order valence-corrected chi connectivity index (χ0v) is 8.75. The molecule has 3 nitrogen and oxygen atoms in total. The van der Waals surface area contributed by atoms with Gasteiger partial charge in [0.15, 0.2) is 0 Å². The fourth-order valence-corrected chi connectivity index (χ4v) is 1.29. The SMILES string of the molecule is CCn1ccnc1CCC(C)(C)N. The molecule has 1 heterocycles. The number of rotatable bonds is 4. The molecule has 0 atom stereocenters. The fraction of sp³-hybridized carbons (Fsp3) is 0.700. The molecule has 0 spiro atoms. The summed E-state index contributed by atoms with van der Waals surface area (Å²) in [6, 6.07) is 0. The van der Waals surface area contributed by atoms with Crippen LogP contribution in [0.15, 0.2) is 12.4 Å². The van der Waals surface area contributed by atoms with Crippen LogP contribution in [0.1, 0.15) is 33.0 Å². The summed E-state index contributed by atoms with van der Waals surface area (Å²) in [5.41, 5.74) is 5.81. The predicted molar refractivity (Wildman–Crippen MR) is 54.5 cm³/mol. The van der Waals surface area contributed by atoms with Crippen LogP contribution in [0.25, 0.3) is 0 Å². The first kappa shape index (κ1) is 10.3. The average Bonchev–Trinajstić information content (AvgIpc) is 2.46. The third kappa shape index (κ3) is 3.19. The Balaban J connectivity index is 2.54. The maximum Gasteiger partial charge on any atom is 0.108 e. The van der Waals surface area contributed by atoms with Gasteiger partial charge in [-0.3, -0.25) is 0 Å². The highest BCUT2D eigenvalue weighted by molar-refractivity contribution is 4.94. The molecule has 1 aromatic heterocycles. The molecule has 2 N–H and O–H groups in total. The molecule has 0 saturated carbocycles. The molecule has 0 aliphatic rings. The third-order valence-electron chi connectivity index (χ3n) is 2.14. The van der Waals surface area contributed by atoms with Gasteiger partial charge < -0.3 is 10.3 Å². The summed E-state index contributed by atoms with van der Waals surface area (Å²) in [5.74, 6) is 1.14. The number of imidazole rings is 1. The first-order valence-electron chi connectivity index (χ1n) is 4.82. The zero-order valence-electron chi connectivity index (χ0n) is 8.75. The lowest BCUT2D eigenvalue weighted by molar-refractivity contribution is 0.465. The summed E-state index contributed by atoms with van der Waals surface area (Å²) in [6.07, 6.45) is 5.80. The standard InChI is InChI=1S/C10H19N3/c1-4-13-8-7-12-9(13)5-6-10(2,3)11/h7-8H,4-6,11H2,1-3H3. The Labute approximate surface area is 80.0 Å². The Morgan fingerprint density at radius 3 is 2.77 bits per heavy atom. The van der Waals surface area contributed by atoms with Gasteiger partial charge in [-0.05, 0) is 27.2 Å². The Hall–Kier alpha value is -0.830. The molecule has 0 fully saturated rings. The highest BCUT2D eigenvalue weighted by Gasteiger charge is 2.12. The van der Waals surface area contributed by atoms with E-state index >= 15 is 0 Å². The van der Waals surface area contributed by atoms with Crippen molar-refractivity contribution in [2.24, 2.45) is 5.73 Å². The second-order valence-corrected chi connectivity index (χ2v) is 4.12. The molecule has 0 amide bonds. The lowest BCUT2D eigenvalue weighted by Gasteiger charge is -2.17. The van der Waals surface area contributed by atoms with Crippen LogP contribution in [0.2, 0.25) is 0 Å². The van der Waals surface area contributed by atoms with E-state index in [0.717, 1.165) is 25.2 Å². The monoisotopic (exact) mass is 181 g/mol. The smallest absolute Gasteiger partial charge is 0.108 e. The molecule has 74 valence electrons. The molecule has 0 bridgehead atoms. The predicted octanol–water partition coefficient (Wildman–Crippen LogP) is 1.57. The molecule has 3 heteroatoms. The van der Waals surface area contributed by atoms with Crippen molar-refractivity contribution in [1.82, 2.24) is 9.55 Å². The molecule has 0 unspecified atom stereocenters. The zero-order chi connectivity index (χ0) is 9.90. The largest absolute Gasteiger partial charge is 0.335 e. The van der Waals surface area contributed by atoms with Crippen molar-refractivity contribution in [2.75, 3.05) is 0 Å². The minimum absolute atomic E-state index is 0.0927. The van der Waals surface area contributed by atoms with Gasteiger partial charge in [-0.15, -0.1) is 0 Å². The summed E-state index contributed by atoms with van der Waals surface area (Å²) in [4.78, 5) is 4.30. The van der Waals surface area contributed by atoms with Gasteiger partial charge in [0.2, 0.25) is 0 Å². The van der Waals surface area contributed by atoms with Crippen molar-refractivity contribution in [2.45, 2.75) is 45.7 Å². The average molecular weight is 181 g/mol. The maximum atomic E-state index is 5.91. The van der Waals surface area contributed by atoms with Crippen LogP contribution in [0.5, 0.6) is 0 Å². The van der Waals surface area contributed by atoms with Crippen molar-refractivity contribution >= 4 is 0 Å². The van der Waals surface area contributed by atoms with Crippen LogP contribution in [0.3, 0.4) is 0 Å². The summed E-state index contributed by atoms with van der Waals surface area (Å²) in [6.45, 7) is 7.21. The minimum atomic E-state index is -0.0927. The summed E-state index contributed by atoms with van der Waals surface area (Å²) in [7, 11) is 0. The van der Waals surface area contributed by atoms with Crippen LogP contribution < -0.4 is 5.73 Å². The van der Waals surface area contributed by atoms with Gasteiger partial charge in [-0.1, -0.05) is 0 Å². The van der Waals surface area contributed by atoms with E-state index in [2.05, 4.69) is 16.5 Å². The Bertz CT molecular complexity index is 257. The molecule has 1 aromatic rings. The van der Waals surface area contributed by atoms with Gasteiger partial charge >= 0.3 is 0 Å². The number of hydrogen-bond acceptors (Lipinski definition) is 2. The molecule has 1 rings (SSSR count). The van der Waals surface area contributed by atoms with Crippen molar-refractivity contribution in [3.8, 4) is 0 Å². The van der Waals surface area contributed by atoms with Gasteiger partial charge in [0.1, 0.15) is 5.82 Å². The normalized spacial score (nSPS) is 12.0. The quantitative estimate of drug-likeness (QED) is 0.766. The van der Waals surface area contributed by atoms with Gasteiger partial charge in [-0.25, -0.2) is 4.98 Å². The number of aryl methyl sites for hydroxylation is 2. The van der Waals surface area contributed by atoms with Gasteiger partial charge in [-0.2, -0.15) is 0 Å². The molecular formula is C10H19N3. The molecular weight excluding hydrogens is 162 g/mol. The molecule has 0 aromatic carbocycles. The van der Waals surface area contributed by atoms with E-state index in [4.69, 9.17) is 5.73 Å². The van der Waals surface area contributed by atoms with Crippen LogP contribution in [-0.2, 0) is 13.0 Å². The lowest BCUT2D eigenvalue weighted by Crippen LogP contribution is -2.32. The molecule has 0 aliphatic heterocycles. The van der Waals surface area contributed by atoms with E-state index in [-0.39, 0.29) is 5.54 Å². The lowest BCUT2D eigenvalue weighted by atomic mass is 10.00. The van der Waals surface area contributed by atoms with Crippen LogP contribution in [-0.4, -0.2) is 15.1 Å². The van der Waals surface area contributed by atoms with Crippen LogP contribution in [0.4, 0.5) is 0 Å². The highest BCUT2D eigenvalue weighted by Crippen LogP contribution is 2.09.